The number of anilines is 1. The van der Waals surface area contributed by atoms with Gasteiger partial charge in [-0.05, 0) is 64.9 Å². The van der Waals surface area contributed by atoms with Crippen molar-refractivity contribution in [2.45, 2.75) is 19.4 Å². The molecule has 5 rings (SSSR count). The van der Waals surface area contributed by atoms with Crippen LogP contribution in [0.15, 0.2) is 66.7 Å². The first-order valence-corrected chi connectivity index (χ1v) is 10.6. The predicted octanol–water partition coefficient (Wildman–Crippen LogP) is 2.53. The van der Waals surface area contributed by atoms with Gasteiger partial charge in [0, 0.05) is 5.69 Å². The van der Waals surface area contributed by atoms with Gasteiger partial charge in [0.2, 0.25) is 5.91 Å². The summed E-state index contributed by atoms with van der Waals surface area (Å²) in [5.74, 6) is -0.395. The number of aryl methyl sites for hydroxylation is 1. The number of imide groups is 1. The number of benzene rings is 3. The molecular formula is C24H21N7O3. The number of fused-ring (bicyclic) bond motifs is 1. The van der Waals surface area contributed by atoms with Gasteiger partial charge in [-0.15, -0.1) is 5.10 Å². The summed E-state index contributed by atoms with van der Waals surface area (Å²) in [6.45, 7) is 2.99. The summed E-state index contributed by atoms with van der Waals surface area (Å²) in [6, 6.07) is 19.7. The third kappa shape index (κ3) is 3.64. The molecule has 0 radical (unpaired) electrons. The molecule has 3 aromatic carbocycles. The molecule has 1 unspecified atom stereocenters. The molecule has 1 aromatic heterocycles. The second kappa shape index (κ2) is 8.07. The highest BCUT2D eigenvalue weighted by Gasteiger charge is 2.49. The van der Waals surface area contributed by atoms with Crippen molar-refractivity contribution in [3.8, 4) is 5.69 Å². The molecule has 0 saturated carbocycles. The molecule has 2 heterocycles. The molecule has 0 spiro atoms. The summed E-state index contributed by atoms with van der Waals surface area (Å²) in [6.07, 6.45) is 0. The molecule has 34 heavy (non-hydrogen) atoms. The van der Waals surface area contributed by atoms with Crippen LogP contribution in [0.5, 0.6) is 0 Å². The van der Waals surface area contributed by atoms with E-state index in [1.165, 1.54) is 4.68 Å². The highest BCUT2D eigenvalue weighted by Crippen LogP contribution is 2.31. The number of carbonyl (C=O) groups excluding carboxylic acids is 3. The van der Waals surface area contributed by atoms with Gasteiger partial charge in [-0.2, -0.15) is 4.68 Å². The fourth-order valence-corrected chi connectivity index (χ4v) is 4.07. The Hall–Kier alpha value is -4.60. The monoisotopic (exact) mass is 455 g/mol. The van der Waals surface area contributed by atoms with Crippen LogP contribution < -0.4 is 10.6 Å². The van der Waals surface area contributed by atoms with Crippen molar-refractivity contribution in [1.29, 1.82) is 0 Å². The van der Waals surface area contributed by atoms with Crippen LogP contribution >= 0.6 is 0 Å². The molecule has 4 aromatic rings. The number of hydrogen-bond acceptors (Lipinski definition) is 6. The minimum Gasteiger partial charge on any atom is -0.324 e. The van der Waals surface area contributed by atoms with Crippen LogP contribution in [0.25, 0.3) is 16.5 Å². The molecule has 2 N–H and O–H groups in total. The number of nitrogens with zero attached hydrogens (tertiary/aromatic N) is 5. The second-order valence-electron chi connectivity index (χ2n) is 8.24. The largest absolute Gasteiger partial charge is 0.325 e. The lowest BCUT2D eigenvalue weighted by atomic mass is 9.90. The maximum Gasteiger partial charge on any atom is 0.325 e. The predicted molar refractivity (Wildman–Crippen MR) is 124 cm³/mol. The Morgan fingerprint density at radius 2 is 1.82 bits per heavy atom. The average molecular weight is 455 g/mol. The number of tetrazole rings is 1. The summed E-state index contributed by atoms with van der Waals surface area (Å²) in [7, 11) is 0. The van der Waals surface area contributed by atoms with Crippen LogP contribution in [0.1, 0.15) is 18.3 Å². The molecule has 10 nitrogen and oxygen atoms in total. The van der Waals surface area contributed by atoms with E-state index in [0.29, 0.717) is 22.8 Å². The summed E-state index contributed by atoms with van der Waals surface area (Å²) in [4.78, 5) is 39.6. The molecule has 1 atom stereocenters. The first-order chi connectivity index (χ1) is 16.3. The van der Waals surface area contributed by atoms with E-state index in [0.717, 1.165) is 15.7 Å². The van der Waals surface area contributed by atoms with Crippen molar-refractivity contribution in [3.05, 3.63) is 78.1 Å². The first kappa shape index (κ1) is 21.3. The maximum absolute atomic E-state index is 13.2. The zero-order valence-electron chi connectivity index (χ0n) is 18.5. The lowest BCUT2D eigenvalue weighted by Gasteiger charge is -2.22. The van der Waals surface area contributed by atoms with E-state index < -0.39 is 29.9 Å². The van der Waals surface area contributed by atoms with Crippen LogP contribution in [0.3, 0.4) is 0 Å². The van der Waals surface area contributed by atoms with E-state index in [1.54, 1.807) is 38.1 Å². The van der Waals surface area contributed by atoms with Crippen LogP contribution in [0, 0.1) is 6.92 Å². The highest BCUT2D eigenvalue weighted by atomic mass is 16.2. The van der Waals surface area contributed by atoms with Crippen molar-refractivity contribution in [1.82, 2.24) is 30.4 Å². The van der Waals surface area contributed by atoms with Gasteiger partial charge in [0.1, 0.15) is 12.1 Å². The molecule has 1 saturated heterocycles. The lowest BCUT2D eigenvalue weighted by molar-refractivity contribution is -0.133. The van der Waals surface area contributed by atoms with Crippen molar-refractivity contribution >= 4 is 34.3 Å². The number of carbonyl (C=O) groups is 3. The van der Waals surface area contributed by atoms with Gasteiger partial charge in [-0.3, -0.25) is 14.5 Å². The molecule has 10 heteroatoms. The summed E-state index contributed by atoms with van der Waals surface area (Å²) >= 11 is 0. The van der Waals surface area contributed by atoms with Gasteiger partial charge in [0.15, 0.2) is 5.82 Å². The molecule has 0 aliphatic carbocycles. The van der Waals surface area contributed by atoms with Gasteiger partial charge in [0.05, 0.1) is 5.69 Å². The van der Waals surface area contributed by atoms with E-state index in [9.17, 15) is 14.4 Å². The van der Waals surface area contributed by atoms with Crippen molar-refractivity contribution in [2.24, 2.45) is 0 Å². The van der Waals surface area contributed by atoms with Crippen molar-refractivity contribution in [2.75, 3.05) is 11.9 Å². The van der Waals surface area contributed by atoms with Crippen LogP contribution in [0.4, 0.5) is 10.5 Å². The molecule has 1 fully saturated rings. The SMILES string of the molecule is Cc1nnnn1-c1cccc(NC(=O)CN2C(=O)NC(C)(c3ccc4ccccc4c3)C2=O)c1. The number of urea groups is 1. The second-order valence-corrected chi connectivity index (χ2v) is 8.24. The zero-order valence-corrected chi connectivity index (χ0v) is 18.5. The number of rotatable bonds is 5. The van der Waals surface area contributed by atoms with Gasteiger partial charge in [0.25, 0.3) is 5.91 Å². The van der Waals surface area contributed by atoms with Crippen molar-refractivity contribution in [3.63, 3.8) is 0 Å². The Labute approximate surface area is 194 Å². The fourth-order valence-electron chi connectivity index (χ4n) is 4.07. The minimum absolute atomic E-state index is 0.415. The van der Waals surface area contributed by atoms with E-state index in [4.69, 9.17) is 0 Å². The molecular weight excluding hydrogens is 434 g/mol. The Bertz CT molecular complexity index is 1450. The number of aromatic nitrogens is 4. The van der Waals surface area contributed by atoms with Crippen LogP contribution in [-0.4, -0.2) is 49.5 Å². The minimum atomic E-state index is -1.26. The van der Waals surface area contributed by atoms with Gasteiger partial charge < -0.3 is 10.6 Å². The molecule has 1 aliphatic heterocycles. The van der Waals surface area contributed by atoms with Crippen molar-refractivity contribution < 1.29 is 14.4 Å². The van der Waals surface area contributed by atoms with E-state index in [1.807, 2.05) is 42.5 Å². The number of hydrogen-bond donors (Lipinski definition) is 2. The van der Waals surface area contributed by atoms with E-state index in [-0.39, 0.29) is 0 Å². The normalized spacial score (nSPS) is 17.8. The third-order valence-corrected chi connectivity index (χ3v) is 5.90. The Balaban J connectivity index is 1.33. The smallest absolute Gasteiger partial charge is 0.324 e. The van der Waals surface area contributed by atoms with E-state index in [2.05, 4.69) is 26.2 Å². The first-order valence-electron chi connectivity index (χ1n) is 10.6. The van der Waals surface area contributed by atoms with Gasteiger partial charge >= 0.3 is 6.03 Å². The van der Waals surface area contributed by atoms with E-state index >= 15 is 0 Å². The molecule has 170 valence electrons. The average Bonchev–Trinajstić information content (AvgIpc) is 3.35. The number of nitrogens with one attached hydrogen (secondary N) is 2. The van der Waals surface area contributed by atoms with Crippen LogP contribution in [0.2, 0.25) is 0 Å². The lowest BCUT2D eigenvalue weighted by Crippen LogP contribution is -2.42. The highest BCUT2D eigenvalue weighted by molar-refractivity contribution is 6.10. The Morgan fingerprint density at radius 1 is 1.03 bits per heavy atom. The standard InChI is InChI=1S/C24H21N7O3/c1-15-27-28-29-31(15)20-9-5-8-19(13-20)25-21(32)14-30-22(33)24(2,26-23(30)34)18-11-10-16-6-3-4-7-17(16)12-18/h3-13H,14H2,1-2H3,(H,25,32)(H,26,34). The number of amides is 4. The topological polar surface area (TPSA) is 122 Å². The van der Waals surface area contributed by atoms with Crippen LogP contribution in [-0.2, 0) is 15.1 Å². The zero-order chi connectivity index (χ0) is 23.9. The van der Waals surface area contributed by atoms with Gasteiger partial charge in [-0.25, -0.2) is 4.79 Å². The molecule has 1 aliphatic rings. The molecule has 0 bridgehead atoms. The fraction of sp³-hybridized carbons (Fsp3) is 0.167. The van der Waals surface area contributed by atoms with Gasteiger partial charge in [-0.1, -0.05) is 42.5 Å². The Morgan fingerprint density at radius 3 is 2.59 bits per heavy atom. The quantitative estimate of drug-likeness (QED) is 0.446. The summed E-state index contributed by atoms with van der Waals surface area (Å²) in [5, 5.41) is 18.8. The maximum atomic E-state index is 13.2. The summed E-state index contributed by atoms with van der Waals surface area (Å²) in [5.41, 5.74) is 0.539. The third-order valence-electron chi connectivity index (χ3n) is 5.90. The Kier molecular flexibility index (Phi) is 5.05. The summed E-state index contributed by atoms with van der Waals surface area (Å²) < 4.78 is 1.53. The molecule has 4 amide bonds.